The highest BCUT2D eigenvalue weighted by molar-refractivity contribution is 7.92. The van der Waals surface area contributed by atoms with E-state index in [-0.39, 0.29) is 35.7 Å². The van der Waals surface area contributed by atoms with Crippen LogP contribution in [-0.2, 0) is 20.9 Å². The van der Waals surface area contributed by atoms with Gasteiger partial charge < -0.3 is 14.2 Å². The normalized spacial score (nSPS) is 16.3. The molecule has 44 heavy (non-hydrogen) atoms. The van der Waals surface area contributed by atoms with Crippen LogP contribution in [0.5, 0.6) is 11.5 Å². The fourth-order valence-electron chi connectivity index (χ4n) is 4.93. The standard InChI is InChI=1S/C29H26F6N2O6S/c1-27(2,3)43-26(38)36-14-28(15-36)16-37(44(39,40)22-6-4-5-19(12-22)29(33,34)35)23-11-17(7-8-24(23)42-28)18-9-20(30)13-21(10-18)41-25(31)32/h4-13,25H,14-16H2,1-3H3. The van der Waals surface area contributed by atoms with E-state index in [2.05, 4.69) is 4.74 Å². The minimum Gasteiger partial charge on any atom is -0.479 e. The van der Waals surface area contributed by atoms with Gasteiger partial charge in [0.15, 0.2) is 5.60 Å². The molecule has 1 fully saturated rings. The van der Waals surface area contributed by atoms with Crippen molar-refractivity contribution in [2.24, 2.45) is 0 Å². The lowest BCUT2D eigenvalue weighted by atomic mass is 9.92. The van der Waals surface area contributed by atoms with Gasteiger partial charge in [0.1, 0.15) is 22.9 Å². The number of likely N-dealkylation sites (tertiary alicyclic amines) is 1. The third-order valence-electron chi connectivity index (χ3n) is 6.77. The first-order valence-electron chi connectivity index (χ1n) is 13.1. The molecule has 236 valence electrons. The highest BCUT2D eigenvalue weighted by Crippen LogP contribution is 2.46. The molecule has 0 N–H and O–H groups in total. The zero-order valence-corrected chi connectivity index (χ0v) is 24.3. The summed E-state index contributed by atoms with van der Waals surface area (Å²) in [5.41, 5.74) is -3.11. The molecule has 0 radical (unpaired) electrons. The van der Waals surface area contributed by atoms with E-state index in [0.717, 1.165) is 40.7 Å². The van der Waals surface area contributed by atoms with Crippen molar-refractivity contribution in [2.75, 3.05) is 23.9 Å². The number of fused-ring (bicyclic) bond motifs is 1. The second-order valence-corrected chi connectivity index (χ2v) is 13.3. The molecule has 1 saturated heterocycles. The molecule has 0 atom stereocenters. The van der Waals surface area contributed by atoms with Crippen molar-refractivity contribution in [3.63, 3.8) is 0 Å². The van der Waals surface area contributed by atoms with Crippen molar-refractivity contribution in [2.45, 2.75) is 49.7 Å². The fraction of sp³-hybridized carbons (Fsp3) is 0.345. The van der Waals surface area contributed by atoms with Gasteiger partial charge in [0.2, 0.25) is 0 Å². The Bertz CT molecular complexity index is 1700. The lowest BCUT2D eigenvalue weighted by molar-refractivity contribution is -0.137. The topological polar surface area (TPSA) is 85.4 Å². The number of alkyl halides is 5. The highest BCUT2D eigenvalue weighted by Gasteiger charge is 2.54. The number of amides is 1. The number of anilines is 1. The van der Waals surface area contributed by atoms with Crippen LogP contribution in [-0.4, -0.2) is 56.9 Å². The number of hydrogen-bond acceptors (Lipinski definition) is 6. The summed E-state index contributed by atoms with van der Waals surface area (Å²) in [6, 6.07) is 10.2. The third-order valence-corrected chi connectivity index (χ3v) is 8.53. The average Bonchev–Trinajstić information content (AvgIpc) is 2.88. The second kappa shape index (κ2) is 10.8. The van der Waals surface area contributed by atoms with E-state index >= 15 is 0 Å². The van der Waals surface area contributed by atoms with Gasteiger partial charge in [0, 0.05) is 6.07 Å². The monoisotopic (exact) mass is 644 g/mol. The highest BCUT2D eigenvalue weighted by atomic mass is 32.2. The molecule has 2 heterocycles. The largest absolute Gasteiger partial charge is 0.479 e. The molecule has 0 aliphatic carbocycles. The van der Waals surface area contributed by atoms with E-state index in [4.69, 9.17) is 9.47 Å². The van der Waals surface area contributed by atoms with Crippen LogP contribution in [0.4, 0.5) is 36.8 Å². The summed E-state index contributed by atoms with van der Waals surface area (Å²) in [5, 5.41) is 0. The maximum atomic E-state index is 14.3. The fourth-order valence-corrected chi connectivity index (χ4v) is 6.52. The van der Waals surface area contributed by atoms with Gasteiger partial charge in [0.25, 0.3) is 10.0 Å². The second-order valence-electron chi connectivity index (χ2n) is 11.4. The van der Waals surface area contributed by atoms with Crippen molar-refractivity contribution in [1.29, 1.82) is 0 Å². The van der Waals surface area contributed by atoms with E-state index in [1.807, 2.05) is 0 Å². The average molecular weight is 645 g/mol. The number of rotatable bonds is 5. The van der Waals surface area contributed by atoms with Crippen LogP contribution in [0.3, 0.4) is 0 Å². The minimum atomic E-state index is -4.82. The van der Waals surface area contributed by atoms with Crippen LogP contribution >= 0.6 is 0 Å². The molecule has 2 aliphatic rings. The number of benzene rings is 3. The first kappa shape index (κ1) is 31.3. The number of halogens is 6. The van der Waals surface area contributed by atoms with Gasteiger partial charge in [-0.1, -0.05) is 12.1 Å². The minimum absolute atomic E-state index is 0.0137. The summed E-state index contributed by atoms with van der Waals surface area (Å²) in [6.45, 7) is 1.23. The smallest absolute Gasteiger partial charge is 0.416 e. The Morgan fingerprint density at radius 3 is 2.30 bits per heavy atom. The Balaban J connectivity index is 1.57. The van der Waals surface area contributed by atoms with E-state index in [0.29, 0.717) is 6.07 Å². The lowest BCUT2D eigenvalue weighted by Crippen LogP contribution is -2.72. The van der Waals surface area contributed by atoms with Gasteiger partial charge in [-0.3, -0.25) is 9.21 Å². The molecule has 0 saturated carbocycles. The third kappa shape index (κ3) is 6.37. The Labute approximate surface area is 248 Å². The van der Waals surface area contributed by atoms with Crippen LogP contribution in [0, 0.1) is 5.82 Å². The molecule has 5 rings (SSSR count). The molecule has 0 aromatic heterocycles. The first-order valence-corrected chi connectivity index (χ1v) is 14.6. The first-order chi connectivity index (χ1) is 20.3. The van der Waals surface area contributed by atoms with Gasteiger partial charge in [-0.25, -0.2) is 17.6 Å². The molecule has 2 aliphatic heterocycles. The van der Waals surface area contributed by atoms with Gasteiger partial charge in [0.05, 0.1) is 35.8 Å². The number of carbonyl (C=O) groups is 1. The number of hydrogen-bond donors (Lipinski definition) is 0. The number of carbonyl (C=O) groups excluding carboxylic acids is 1. The zero-order chi connectivity index (χ0) is 32.2. The van der Waals surface area contributed by atoms with E-state index in [9.17, 15) is 39.6 Å². The van der Waals surface area contributed by atoms with E-state index < -0.39 is 68.7 Å². The van der Waals surface area contributed by atoms with Gasteiger partial charge in [-0.05, 0) is 74.4 Å². The molecule has 15 heteroatoms. The molecule has 8 nitrogen and oxygen atoms in total. The van der Waals surface area contributed by atoms with Crippen molar-refractivity contribution in [3.05, 3.63) is 72.0 Å². The number of nitrogens with zero attached hydrogens (tertiary/aromatic N) is 2. The zero-order valence-electron chi connectivity index (χ0n) is 23.5. The molecule has 3 aromatic rings. The number of ether oxygens (including phenoxy) is 3. The predicted molar refractivity (Wildman–Crippen MR) is 146 cm³/mol. The lowest BCUT2D eigenvalue weighted by Gasteiger charge is -2.53. The summed E-state index contributed by atoms with van der Waals surface area (Å²) in [4.78, 5) is 13.2. The van der Waals surface area contributed by atoms with Crippen LogP contribution in [0.2, 0.25) is 0 Å². The van der Waals surface area contributed by atoms with E-state index in [1.165, 1.54) is 23.1 Å². The maximum Gasteiger partial charge on any atom is 0.416 e. The predicted octanol–water partition coefficient (Wildman–Crippen LogP) is 6.69. The Kier molecular flexibility index (Phi) is 7.67. The van der Waals surface area contributed by atoms with Crippen molar-refractivity contribution in [3.8, 4) is 22.6 Å². The molecule has 1 amide bonds. The molecule has 0 unspecified atom stereocenters. The van der Waals surface area contributed by atoms with E-state index in [1.54, 1.807) is 20.8 Å². The number of sulfonamides is 1. The Morgan fingerprint density at radius 2 is 1.66 bits per heavy atom. The molecular weight excluding hydrogens is 618 g/mol. The summed E-state index contributed by atoms with van der Waals surface area (Å²) in [7, 11) is -4.68. The van der Waals surface area contributed by atoms with Crippen LogP contribution < -0.4 is 13.8 Å². The quantitative estimate of drug-likeness (QED) is 0.288. The van der Waals surface area contributed by atoms with Gasteiger partial charge in [-0.15, -0.1) is 0 Å². The molecule has 1 spiro atoms. The van der Waals surface area contributed by atoms with Crippen molar-refractivity contribution in [1.82, 2.24) is 4.90 Å². The summed E-state index contributed by atoms with van der Waals surface area (Å²) in [5.74, 6) is -1.37. The van der Waals surface area contributed by atoms with Crippen LogP contribution in [0.1, 0.15) is 26.3 Å². The van der Waals surface area contributed by atoms with Crippen LogP contribution in [0.25, 0.3) is 11.1 Å². The molecular formula is C29H26F6N2O6S. The Hall–Kier alpha value is -4.14. The van der Waals surface area contributed by atoms with Crippen LogP contribution in [0.15, 0.2) is 65.6 Å². The van der Waals surface area contributed by atoms with Crippen molar-refractivity contribution < 1.29 is 53.8 Å². The Morgan fingerprint density at radius 1 is 0.955 bits per heavy atom. The van der Waals surface area contributed by atoms with Crippen molar-refractivity contribution >= 4 is 21.8 Å². The molecule has 0 bridgehead atoms. The van der Waals surface area contributed by atoms with Gasteiger partial charge >= 0.3 is 18.9 Å². The SMILES string of the molecule is CC(C)(C)OC(=O)N1CC2(C1)CN(S(=O)(=O)c1cccc(C(F)(F)F)c1)c1cc(-c3cc(F)cc(OC(F)F)c3)ccc1O2. The van der Waals surface area contributed by atoms with Gasteiger partial charge in [-0.2, -0.15) is 22.0 Å². The summed E-state index contributed by atoms with van der Waals surface area (Å²) in [6.07, 6.45) is -5.48. The maximum absolute atomic E-state index is 14.3. The summed E-state index contributed by atoms with van der Waals surface area (Å²) < 4.78 is 125. The molecule has 3 aromatic carbocycles. The summed E-state index contributed by atoms with van der Waals surface area (Å²) >= 11 is 0.